The van der Waals surface area contributed by atoms with Gasteiger partial charge in [0.25, 0.3) is 15.7 Å². The van der Waals surface area contributed by atoms with Crippen molar-refractivity contribution in [3.63, 3.8) is 0 Å². The molecule has 0 aliphatic heterocycles. The molecule has 4 aromatic rings. The van der Waals surface area contributed by atoms with Crippen LogP contribution in [0.1, 0.15) is 12.5 Å². The highest BCUT2D eigenvalue weighted by atomic mass is 32.2. The van der Waals surface area contributed by atoms with Crippen molar-refractivity contribution < 1.29 is 26.5 Å². The summed E-state index contributed by atoms with van der Waals surface area (Å²) in [7, 11) is -4.44. The van der Waals surface area contributed by atoms with Gasteiger partial charge in [-0.15, -0.1) is 10.2 Å². The molecule has 192 valence electrons. The minimum absolute atomic E-state index is 0.103. The van der Waals surface area contributed by atoms with Gasteiger partial charge in [0.1, 0.15) is 0 Å². The lowest BCUT2D eigenvalue weighted by Gasteiger charge is -2.12. The zero-order valence-corrected chi connectivity index (χ0v) is 20.5. The molecule has 0 unspecified atom stereocenters. The Bertz CT molecular complexity index is 1560. The number of alkyl halides is 3. The van der Waals surface area contributed by atoms with Crippen molar-refractivity contribution in [3.05, 3.63) is 82.7 Å². The van der Waals surface area contributed by atoms with Gasteiger partial charge in [0.2, 0.25) is 0 Å². The van der Waals surface area contributed by atoms with Crippen LogP contribution in [0.15, 0.2) is 81.9 Å². The quantitative estimate of drug-likeness (QED) is 0.233. The Morgan fingerprint density at radius 1 is 1.08 bits per heavy atom. The summed E-state index contributed by atoms with van der Waals surface area (Å²) in [5.41, 5.74) is -1.16. The van der Waals surface area contributed by atoms with Crippen molar-refractivity contribution in [2.45, 2.75) is 34.6 Å². The van der Waals surface area contributed by atoms with Gasteiger partial charge < -0.3 is 4.57 Å². The van der Waals surface area contributed by atoms with E-state index in [1.807, 2.05) is 11.6 Å². The number of halogens is 3. The molecule has 2 aromatic heterocycles. The average molecular weight is 551 g/mol. The van der Waals surface area contributed by atoms with Crippen LogP contribution < -0.4 is 4.72 Å². The Kier molecular flexibility index (Phi) is 7.18. The maximum atomic E-state index is 13.0. The van der Waals surface area contributed by atoms with Crippen molar-refractivity contribution >= 4 is 33.2 Å². The zero-order valence-electron chi connectivity index (χ0n) is 18.9. The molecular weight excluding hydrogens is 533 g/mol. The van der Waals surface area contributed by atoms with Gasteiger partial charge in [0.05, 0.1) is 20.3 Å². The van der Waals surface area contributed by atoms with Gasteiger partial charge in [-0.3, -0.25) is 19.8 Å². The molecule has 0 bridgehead atoms. The molecule has 0 saturated heterocycles. The fourth-order valence-electron chi connectivity index (χ4n) is 3.33. The second-order valence-corrected chi connectivity index (χ2v) is 10.2. The maximum absolute atomic E-state index is 13.0. The summed E-state index contributed by atoms with van der Waals surface area (Å²) in [6, 6.07) is 10.3. The number of sulfonamides is 1. The molecule has 37 heavy (non-hydrogen) atoms. The summed E-state index contributed by atoms with van der Waals surface area (Å²) in [4.78, 5) is 14.6. The van der Waals surface area contributed by atoms with Crippen LogP contribution in [0.5, 0.6) is 0 Å². The first kappa shape index (κ1) is 26.1. The first-order valence-electron chi connectivity index (χ1n) is 10.5. The number of pyridine rings is 1. The monoisotopic (exact) mass is 550 g/mol. The highest BCUT2D eigenvalue weighted by Crippen LogP contribution is 2.37. The van der Waals surface area contributed by atoms with Crippen LogP contribution in [-0.2, 0) is 22.7 Å². The molecule has 1 N–H and O–H groups in total. The molecule has 2 aromatic carbocycles. The fraction of sp³-hybridized carbons (Fsp3) is 0.136. The largest absolute Gasteiger partial charge is 0.416 e. The molecule has 15 heteroatoms. The van der Waals surface area contributed by atoms with Crippen molar-refractivity contribution in [2.75, 3.05) is 4.72 Å². The highest BCUT2D eigenvalue weighted by Gasteiger charge is 2.31. The molecule has 0 radical (unpaired) electrons. The number of nitrogens with one attached hydrogen (secondary N) is 1. The van der Waals surface area contributed by atoms with E-state index in [-0.39, 0.29) is 10.6 Å². The van der Waals surface area contributed by atoms with Gasteiger partial charge in [-0.25, -0.2) is 8.42 Å². The number of benzene rings is 2. The number of aromatic nitrogens is 4. The van der Waals surface area contributed by atoms with E-state index < -0.39 is 37.3 Å². The Morgan fingerprint density at radius 3 is 2.46 bits per heavy atom. The van der Waals surface area contributed by atoms with Gasteiger partial charge in [0, 0.05) is 36.3 Å². The maximum Gasteiger partial charge on any atom is 0.416 e. The molecular formula is C22H17F3N6O4S2. The van der Waals surface area contributed by atoms with Crippen LogP contribution in [0, 0.1) is 10.1 Å². The van der Waals surface area contributed by atoms with Gasteiger partial charge in [-0.05, 0) is 61.2 Å². The molecule has 0 aliphatic rings. The first-order chi connectivity index (χ1) is 17.5. The van der Waals surface area contributed by atoms with Crippen molar-refractivity contribution in [1.82, 2.24) is 19.7 Å². The Labute approximate surface area is 212 Å². The van der Waals surface area contributed by atoms with E-state index in [1.165, 1.54) is 6.07 Å². The molecule has 0 aliphatic carbocycles. The number of rotatable bonds is 8. The summed E-state index contributed by atoms with van der Waals surface area (Å²) in [5.74, 6) is 0.527. The van der Waals surface area contributed by atoms with Gasteiger partial charge in [-0.2, -0.15) is 13.2 Å². The minimum Gasteiger partial charge on any atom is -0.302 e. The van der Waals surface area contributed by atoms with Crippen molar-refractivity contribution in [2.24, 2.45) is 0 Å². The van der Waals surface area contributed by atoms with Crippen LogP contribution in [0.25, 0.3) is 11.4 Å². The molecule has 0 atom stereocenters. The number of hydrogen-bond donors (Lipinski definition) is 1. The second-order valence-electron chi connectivity index (χ2n) is 7.46. The molecule has 10 nitrogen and oxygen atoms in total. The second kappa shape index (κ2) is 10.2. The van der Waals surface area contributed by atoms with Crippen molar-refractivity contribution in [3.8, 4) is 11.4 Å². The van der Waals surface area contributed by atoms with E-state index in [0.717, 1.165) is 47.7 Å². The van der Waals surface area contributed by atoms with E-state index in [2.05, 4.69) is 15.2 Å². The normalized spacial score (nSPS) is 11.9. The number of hydrogen-bond acceptors (Lipinski definition) is 8. The van der Waals surface area contributed by atoms with Crippen LogP contribution in [-0.4, -0.2) is 33.1 Å². The first-order valence-corrected chi connectivity index (χ1v) is 12.8. The molecule has 0 amide bonds. The summed E-state index contributed by atoms with van der Waals surface area (Å²) in [6.45, 7) is 2.30. The topological polar surface area (TPSA) is 133 Å². The molecule has 4 rings (SSSR count). The Balaban J connectivity index is 1.65. The van der Waals surface area contributed by atoms with Crippen LogP contribution in [0.3, 0.4) is 0 Å². The Hall–Kier alpha value is -3.98. The van der Waals surface area contributed by atoms with Crippen molar-refractivity contribution in [1.29, 1.82) is 0 Å². The number of nitrogens with zero attached hydrogens (tertiary/aromatic N) is 5. The van der Waals surface area contributed by atoms with E-state index in [9.17, 15) is 31.7 Å². The van der Waals surface area contributed by atoms with E-state index in [0.29, 0.717) is 23.6 Å². The zero-order chi connectivity index (χ0) is 26.8. The summed E-state index contributed by atoms with van der Waals surface area (Å²) in [6.07, 6.45) is -1.49. The van der Waals surface area contributed by atoms with Gasteiger partial charge in [0.15, 0.2) is 11.0 Å². The Morgan fingerprint density at radius 2 is 1.81 bits per heavy atom. The summed E-state index contributed by atoms with van der Waals surface area (Å²) in [5, 5.41) is 20.4. The molecule has 0 spiro atoms. The summed E-state index contributed by atoms with van der Waals surface area (Å²) < 4.78 is 68.3. The third kappa shape index (κ3) is 5.72. The van der Waals surface area contributed by atoms with Crippen LogP contribution in [0.2, 0.25) is 0 Å². The lowest BCUT2D eigenvalue weighted by molar-refractivity contribution is -0.388. The molecule has 0 fully saturated rings. The number of nitro groups is 1. The fourth-order valence-corrected chi connectivity index (χ4v) is 5.38. The third-order valence-corrected chi connectivity index (χ3v) is 7.48. The molecule has 2 heterocycles. The van der Waals surface area contributed by atoms with Gasteiger partial charge >= 0.3 is 6.18 Å². The van der Waals surface area contributed by atoms with Gasteiger partial charge in [-0.1, -0.05) is 6.07 Å². The van der Waals surface area contributed by atoms with E-state index in [4.69, 9.17) is 0 Å². The van der Waals surface area contributed by atoms with E-state index in [1.54, 1.807) is 29.1 Å². The SMILES string of the molecule is CCn1c(Sc2ccc(S(=O)(=O)Nc3cccc(C(F)(F)F)c3)cc2[N+](=O)[O-])nnc1-c1ccncc1. The number of nitro benzene ring substituents is 1. The minimum atomic E-state index is -4.67. The predicted octanol–water partition coefficient (Wildman–Crippen LogP) is 5.24. The average Bonchev–Trinajstić information content (AvgIpc) is 3.26. The van der Waals surface area contributed by atoms with Crippen LogP contribution in [0.4, 0.5) is 24.5 Å². The lowest BCUT2D eigenvalue weighted by Crippen LogP contribution is -2.14. The smallest absolute Gasteiger partial charge is 0.302 e. The highest BCUT2D eigenvalue weighted by molar-refractivity contribution is 7.99. The standard InChI is InChI=1S/C22H17F3N6O4S2/c1-2-30-20(14-8-10-26-11-9-14)27-28-21(30)36-19-7-6-17(13-18(19)31(32)33)37(34,35)29-16-5-3-4-15(12-16)22(23,24)25/h3-13,29H,2H2,1H3. The predicted molar refractivity (Wildman–Crippen MR) is 128 cm³/mol. The molecule has 0 saturated carbocycles. The van der Waals surface area contributed by atoms with E-state index >= 15 is 0 Å². The number of anilines is 1. The summed E-state index contributed by atoms with van der Waals surface area (Å²) >= 11 is 0.929. The van der Waals surface area contributed by atoms with Crippen LogP contribution >= 0.6 is 11.8 Å². The lowest BCUT2D eigenvalue weighted by atomic mass is 10.2. The third-order valence-electron chi connectivity index (χ3n) is 5.05.